The molecule has 0 saturated carbocycles. The summed E-state index contributed by atoms with van der Waals surface area (Å²) in [4.78, 5) is 16.9. The molecule has 0 aliphatic heterocycles. The standard InChI is InChI=1S/C69H41N5O2/c1-3-16-42(17-4-1)48-24-15-25-55(66(48)43-18-5-2-6-19-43)67-70-68(73-58-26-11-7-20-49(58)51-34-30-46(40-60(51)73)44-32-36-64-56(38-44)53-22-9-13-28-62(53)75-64)72-69(71-67)74-59-27-12-8-21-50(59)52-35-31-47(41-61(52)74)45-33-37-65-57(39-45)54-23-10-14-29-63(54)76-65/h1-41H. The summed E-state index contributed by atoms with van der Waals surface area (Å²) >= 11 is 0. The molecule has 0 amide bonds. The fourth-order valence-electron chi connectivity index (χ4n) is 11.7. The van der Waals surface area contributed by atoms with Crippen molar-refractivity contribution in [3.8, 4) is 67.8 Å². The molecule has 0 atom stereocenters. The molecule has 0 fully saturated rings. The topological polar surface area (TPSA) is 74.8 Å². The van der Waals surface area contributed by atoms with Crippen LogP contribution < -0.4 is 0 Å². The Morgan fingerprint density at radius 3 is 1.20 bits per heavy atom. The van der Waals surface area contributed by atoms with Gasteiger partial charge in [0.15, 0.2) is 5.82 Å². The summed E-state index contributed by atoms with van der Waals surface area (Å²) in [5, 5.41) is 8.74. The van der Waals surface area contributed by atoms with Gasteiger partial charge in [-0.3, -0.25) is 9.13 Å². The van der Waals surface area contributed by atoms with Crippen molar-refractivity contribution in [1.29, 1.82) is 0 Å². The minimum Gasteiger partial charge on any atom is -0.456 e. The zero-order valence-electron chi connectivity index (χ0n) is 40.7. The van der Waals surface area contributed by atoms with E-state index < -0.39 is 0 Å². The van der Waals surface area contributed by atoms with E-state index in [-0.39, 0.29) is 0 Å². The van der Waals surface area contributed by atoms with Crippen molar-refractivity contribution in [2.24, 2.45) is 0 Å². The Kier molecular flexibility index (Phi) is 9.20. The zero-order valence-corrected chi connectivity index (χ0v) is 40.7. The van der Waals surface area contributed by atoms with Crippen molar-refractivity contribution < 1.29 is 8.83 Å². The molecule has 7 heteroatoms. The first-order valence-electron chi connectivity index (χ1n) is 25.6. The predicted molar refractivity (Wildman–Crippen MR) is 310 cm³/mol. The normalized spacial score (nSPS) is 11.9. The largest absolute Gasteiger partial charge is 0.456 e. The molecule has 0 saturated heterocycles. The summed E-state index contributed by atoms with van der Waals surface area (Å²) in [5.74, 6) is 1.56. The molecule has 11 aromatic carbocycles. The number of aromatic nitrogens is 5. The second-order valence-electron chi connectivity index (χ2n) is 19.5. The second kappa shape index (κ2) is 16.6. The highest BCUT2D eigenvalue weighted by molar-refractivity contribution is 6.13. The first kappa shape index (κ1) is 42.2. The van der Waals surface area contributed by atoms with Gasteiger partial charge in [0, 0.05) is 54.2 Å². The van der Waals surface area contributed by atoms with Crippen molar-refractivity contribution in [2.75, 3.05) is 0 Å². The smallest absolute Gasteiger partial charge is 0.240 e. The van der Waals surface area contributed by atoms with E-state index in [0.29, 0.717) is 17.7 Å². The van der Waals surface area contributed by atoms with Crippen molar-refractivity contribution in [1.82, 2.24) is 24.1 Å². The summed E-state index contributed by atoms with van der Waals surface area (Å²) in [7, 11) is 0. The van der Waals surface area contributed by atoms with Gasteiger partial charge >= 0.3 is 0 Å². The number of para-hydroxylation sites is 4. The van der Waals surface area contributed by atoms with E-state index in [1.165, 1.54) is 0 Å². The molecule has 0 N–H and O–H groups in total. The molecule has 0 bridgehead atoms. The number of hydrogen-bond acceptors (Lipinski definition) is 5. The molecular weight excluding hydrogens is 931 g/mol. The van der Waals surface area contributed by atoms with Gasteiger partial charge in [0.05, 0.1) is 22.1 Å². The lowest BCUT2D eigenvalue weighted by molar-refractivity contribution is 0.668. The fourth-order valence-corrected chi connectivity index (χ4v) is 11.7. The number of hydrogen-bond donors (Lipinski definition) is 0. The summed E-state index contributed by atoms with van der Waals surface area (Å²) in [6.07, 6.45) is 0. The molecule has 0 unspecified atom stereocenters. The number of nitrogens with zero attached hydrogens (tertiary/aromatic N) is 5. The lowest BCUT2D eigenvalue weighted by Gasteiger charge is -2.17. The monoisotopic (exact) mass is 971 g/mol. The minimum atomic E-state index is 0.503. The van der Waals surface area contributed by atoms with Crippen LogP contribution in [0.25, 0.3) is 155 Å². The van der Waals surface area contributed by atoms with Gasteiger partial charge in [-0.25, -0.2) is 0 Å². The van der Waals surface area contributed by atoms with E-state index in [1.807, 2.05) is 24.3 Å². The highest BCUT2D eigenvalue weighted by Crippen LogP contribution is 2.43. The summed E-state index contributed by atoms with van der Waals surface area (Å²) < 4.78 is 17.0. The van der Waals surface area contributed by atoms with E-state index in [0.717, 1.165) is 138 Å². The van der Waals surface area contributed by atoms with Crippen LogP contribution in [0.1, 0.15) is 0 Å². The quantitative estimate of drug-likeness (QED) is 0.159. The van der Waals surface area contributed by atoms with E-state index in [9.17, 15) is 0 Å². The van der Waals surface area contributed by atoms with Crippen LogP contribution >= 0.6 is 0 Å². The Bertz CT molecular complexity index is 4750. The van der Waals surface area contributed by atoms with Crippen LogP contribution in [0.2, 0.25) is 0 Å². The third kappa shape index (κ3) is 6.52. The molecule has 16 rings (SSSR count). The SMILES string of the molecule is c1ccc(-c2cccc(-c3nc(-n4c5ccccc5c5ccc(-c6ccc7oc8ccccc8c7c6)cc54)nc(-n4c5ccccc5c5ccc(-c6ccc7oc8ccccc8c7c6)cc54)n3)c2-c2ccccc2)cc1. The van der Waals surface area contributed by atoms with Crippen LogP contribution in [0.3, 0.4) is 0 Å². The molecule has 5 aromatic heterocycles. The summed E-state index contributed by atoms with van der Waals surface area (Å²) in [6, 6.07) is 87.6. The van der Waals surface area contributed by atoms with E-state index in [4.69, 9.17) is 23.8 Å². The number of benzene rings is 11. The Hall–Kier alpha value is -10.4. The number of fused-ring (bicyclic) bond motifs is 12. The van der Waals surface area contributed by atoms with Gasteiger partial charge in [0.1, 0.15) is 22.3 Å². The summed E-state index contributed by atoms with van der Waals surface area (Å²) in [6.45, 7) is 0. The van der Waals surface area contributed by atoms with Crippen LogP contribution in [0.15, 0.2) is 258 Å². The van der Waals surface area contributed by atoms with Gasteiger partial charge in [-0.05, 0) is 99.6 Å². The van der Waals surface area contributed by atoms with Crippen LogP contribution in [-0.4, -0.2) is 24.1 Å². The molecule has 0 aliphatic rings. The molecule has 0 aliphatic carbocycles. The lowest BCUT2D eigenvalue weighted by Crippen LogP contribution is -2.10. The van der Waals surface area contributed by atoms with Crippen molar-refractivity contribution >= 4 is 87.5 Å². The molecule has 354 valence electrons. The Labute approximate surface area is 434 Å². The molecule has 16 aromatic rings. The van der Waals surface area contributed by atoms with Crippen LogP contribution in [0, 0.1) is 0 Å². The first-order chi connectivity index (χ1) is 37.7. The Balaban J connectivity index is 0.979. The average Bonchev–Trinajstić information content (AvgIpc) is 4.29. The lowest BCUT2D eigenvalue weighted by atomic mass is 9.90. The van der Waals surface area contributed by atoms with Crippen molar-refractivity contribution in [3.05, 3.63) is 249 Å². The highest BCUT2D eigenvalue weighted by atomic mass is 16.3. The van der Waals surface area contributed by atoms with Crippen LogP contribution in [-0.2, 0) is 0 Å². The van der Waals surface area contributed by atoms with E-state index in [1.54, 1.807) is 0 Å². The molecular formula is C69H41N5O2. The van der Waals surface area contributed by atoms with Crippen LogP contribution in [0.4, 0.5) is 0 Å². The maximum absolute atomic E-state index is 6.27. The van der Waals surface area contributed by atoms with Crippen molar-refractivity contribution in [2.45, 2.75) is 0 Å². The zero-order chi connectivity index (χ0) is 49.8. The molecule has 5 heterocycles. The van der Waals surface area contributed by atoms with Crippen molar-refractivity contribution in [3.63, 3.8) is 0 Å². The third-order valence-electron chi connectivity index (χ3n) is 15.2. The van der Waals surface area contributed by atoms with Gasteiger partial charge in [0.2, 0.25) is 11.9 Å². The molecule has 76 heavy (non-hydrogen) atoms. The Morgan fingerprint density at radius 2 is 0.658 bits per heavy atom. The van der Waals surface area contributed by atoms with Crippen LogP contribution in [0.5, 0.6) is 0 Å². The maximum atomic E-state index is 6.27. The first-order valence-corrected chi connectivity index (χ1v) is 25.6. The van der Waals surface area contributed by atoms with Gasteiger partial charge in [-0.1, -0.05) is 188 Å². The summed E-state index contributed by atoms with van der Waals surface area (Å²) in [5.41, 5.74) is 16.9. The number of furan rings is 2. The van der Waals surface area contributed by atoms with Gasteiger partial charge < -0.3 is 8.83 Å². The molecule has 0 spiro atoms. The minimum absolute atomic E-state index is 0.503. The highest BCUT2D eigenvalue weighted by Gasteiger charge is 2.24. The maximum Gasteiger partial charge on any atom is 0.240 e. The van der Waals surface area contributed by atoms with Gasteiger partial charge in [-0.2, -0.15) is 15.0 Å². The van der Waals surface area contributed by atoms with E-state index >= 15 is 0 Å². The fraction of sp³-hybridized carbons (Fsp3) is 0. The molecule has 7 nitrogen and oxygen atoms in total. The molecule has 0 radical (unpaired) electrons. The van der Waals surface area contributed by atoms with Gasteiger partial charge in [0.25, 0.3) is 0 Å². The Morgan fingerprint density at radius 1 is 0.250 bits per heavy atom. The predicted octanol–water partition coefficient (Wildman–Crippen LogP) is 18.2. The third-order valence-corrected chi connectivity index (χ3v) is 15.2. The van der Waals surface area contributed by atoms with E-state index in [2.05, 4.69) is 234 Å². The van der Waals surface area contributed by atoms with Gasteiger partial charge in [-0.15, -0.1) is 0 Å². The average molecular weight is 972 g/mol. The second-order valence-corrected chi connectivity index (χ2v) is 19.5. The number of rotatable bonds is 7.